The first kappa shape index (κ1) is 28.9. The fraction of sp³-hybridized carbons (Fsp3) is 0.267. The smallest absolute Gasteiger partial charge is 0.273 e. The third kappa shape index (κ3) is 6.49. The maximum atomic E-state index is 14.2. The number of benzene rings is 2. The Kier molecular flexibility index (Phi) is 8.91. The molecule has 0 saturated heterocycles. The van der Waals surface area contributed by atoms with Gasteiger partial charge in [0.1, 0.15) is 22.3 Å². The van der Waals surface area contributed by atoms with Gasteiger partial charge in [0.15, 0.2) is 11.7 Å². The van der Waals surface area contributed by atoms with Crippen LogP contribution >= 0.6 is 11.5 Å². The maximum Gasteiger partial charge on any atom is 0.273 e. The number of rotatable bonds is 9. The average molecular weight is 594 g/mol. The Morgan fingerprint density at radius 1 is 1.00 bits per heavy atom. The van der Waals surface area contributed by atoms with Crippen molar-refractivity contribution >= 4 is 40.6 Å². The highest BCUT2D eigenvalue weighted by Gasteiger charge is 2.38. The summed E-state index contributed by atoms with van der Waals surface area (Å²) < 4.78 is 37.0. The summed E-state index contributed by atoms with van der Waals surface area (Å²) in [6, 6.07) is 12.4. The zero-order valence-electron chi connectivity index (χ0n) is 22.5. The van der Waals surface area contributed by atoms with Crippen LogP contribution in [-0.2, 0) is 11.3 Å². The zero-order chi connectivity index (χ0) is 29.6. The van der Waals surface area contributed by atoms with Crippen molar-refractivity contribution in [2.45, 2.75) is 50.7 Å². The summed E-state index contributed by atoms with van der Waals surface area (Å²) in [6.45, 7) is 0.0377. The molecule has 1 aliphatic carbocycles. The van der Waals surface area contributed by atoms with Gasteiger partial charge in [0.2, 0.25) is 0 Å². The van der Waals surface area contributed by atoms with Crippen LogP contribution in [-0.4, -0.2) is 28.1 Å². The van der Waals surface area contributed by atoms with E-state index in [4.69, 9.17) is 10.2 Å². The van der Waals surface area contributed by atoms with E-state index in [0.717, 1.165) is 60.7 Å². The summed E-state index contributed by atoms with van der Waals surface area (Å²) in [5.41, 5.74) is 6.94. The summed E-state index contributed by atoms with van der Waals surface area (Å²) in [7, 11) is 0. The van der Waals surface area contributed by atoms with Crippen LogP contribution in [0.2, 0.25) is 0 Å². The molecule has 218 valence electrons. The number of amides is 3. The molecule has 0 radical (unpaired) electrons. The van der Waals surface area contributed by atoms with Crippen LogP contribution in [0, 0.1) is 11.6 Å². The molecular formula is C30H29F2N5O4S. The number of carbonyl (C=O) groups is 3. The van der Waals surface area contributed by atoms with Gasteiger partial charge in [0, 0.05) is 18.3 Å². The van der Waals surface area contributed by atoms with Gasteiger partial charge in [-0.1, -0.05) is 31.4 Å². The first-order valence-corrected chi connectivity index (χ1v) is 14.3. The van der Waals surface area contributed by atoms with Crippen molar-refractivity contribution in [1.82, 2.24) is 15.0 Å². The topological polar surface area (TPSA) is 131 Å². The molecule has 0 bridgehead atoms. The van der Waals surface area contributed by atoms with Crippen LogP contribution in [0.5, 0.6) is 0 Å². The van der Waals surface area contributed by atoms with Gasteiger partial charge < -0.3 is 20.8 Å². The molecule has 9 nitrogen and oxygen atoms in total. The first-order valence-electron chi connectivity index (χ1n) is 13.5. The number of nitrogens with one attached hydrogen (secondary N) is 2. The fourth-order valence-electron chi connectivity index (χ4n) is 4.92. The van der Waals surface area contributed by atoms with Gasteiger partial charge in [-0.05, 0) is 78.5 Å². The normalized spacial score (nSPS) is 14.2. The number of hydrogen-bond donors (Lipinski definition) is 3. The van der Waals surface area contributed by atoms with Crippen LogP contribution < -0.4 is 21.3 Å². The summed E-state index contributed by atoms with van der Waals surface area (Å²) in [5.74, 6) is -2.65. The number of nitrogens with two attached hydrogens (primary N) is 1. The van der Waals surface area contributed by atoms with Crippen molar-refractivity contribution in [3.05, 3.63) is 100 Å². The number of carbonyl (C=O) groups excluding carboxylic acids is 3. The molecule has 0 unspecified atom stereocenters. The highest BCUT2D eigenvalue weighted by atomic mass is 32.1. The minimum atomic E-state index is -1.35. The highest BCUT2D eigenvalue weighted by Crippen LogP contribution is 2.33. The largest absolute Gasteiger partial charge is 0.467 e. The molecule has 3 amide bonds. The summed E-state index contributed by atoms with van der Waals surface area (Å²) in [4.78, 5) is 41.9. The van der Waals surface area contributed by atoms with Gasteiger partial charge in [-0.2, -0.15) is 4.37 Å². The molecule has 2 aromatic carbocycles. The fourth-order valence-corrected chi connectivity index (χ4v) is 5.65. The molecule has 1 fully saturated rings. The van der Waals surface area contributed by atoms with E-state index in [-0.39, 0.29) is 40.3 Å². The van der Waals surface area contributed by atoms with Crippen molar-refractivity contribution < 1.29 is 27.6 Å². The van der Waals surface area contributed by atoms with Gasteiger partial charge in [0.05, 0.1) is 12.0 Å². The van der Waals surface area contributed by atoms with Gasteiger partial charge >= 0.3 is 0 Å². The molecule has 4 aromatic rings. The lowest BCUT2D eigenvalue weighted by Crippen LogP contribution is -2.43. The molecule has 2 aromatic heterocycles. The third-order valence-corrected chi connectivity index (χ3v) is 7.95. The Hall–Kier alpha value is -4.58. The van der Waals surface area contributed by atoms with E-state index in [1.165, 1.54) is 48.7 Å². The molecule has 12 heteroatoms. The minimum absolute atomic E-state index is 0.00958. The van der Waals surface area contributed by atoms with E-state index in [0.29, 0.717) is 5.56 Å². The predicted molar refractivity (Wildman–Crippen MR) is 154 cm³/mol. The van der Waals surface area contributed by atoms with E-state index < -0.39 is 35.4 Å². The van der Waals surface area contributed by atoms with Gasteiger partial charge in [-0.25, -0.2) is 8.78 Å². The lowest BCUT2D eigenvalue weighted by molar-refractivity contribution is -0.123. The Labute approximate surface area is 244 Å². The second-order valence-electron chi connectivity index (χ2n) is 10.00. The van der Waals surface area contributed by atoms with E-state index >= 15 is 0 Å². The van der Waals surface area contributed by atoms with E-state index in [1.54, 1.807) is 6.07 Å². The van der Waals surface area contributed by atoms with E-state index in [2.05, 4.69) is 15.0 Å². The van der Waals surface area contributed by atoms with Crippen LogP contribution in [0.25, 0.3) is 0 Å². The van der Waals surface area contributed by atoms with E-state index in [1.807, 2.05) is 0 Å². The zero-order valence-corrected chi connectivity index (χ0v) is 23.3. The van der Waals surface area contributed by atoms with Gasteiger partial charge in [-0.15, -0.1) is 0 Å². The Balaban J connectivity index is 1.47. The number of nitrogen functional groups attached to an aromatic ring is 1. The van der Waals surface area contributed by atoms with Crippen LogP contribution in [0.4, 0.5) is 20.2 Å². The van der Waals surface area contributed by atoms with Gasteiger partial charge in [0.25, 0.3) is 17.7 Å². The summed E-state index contributed by atoms with van der Waals surface area (Å²) in [6.07, 6.45) is 6.24. The molecule has 0 spiro atoms. The molecule has 42 heavy (non-hydrogen) atoms. The molecule has 1 atom stereocenters. The Morgan fingerprint density at radius 2 is 1.67 bits per heavy atom. The number of aromatic nitrogens is 1. The lowest BCUT2D eigenvalue weighted by Gasteiger charge is -2.29. The molecule has 0 aliphatic heterocycles. The lowest BCUT2D eigenvalue weighted by atomic mass is 9.95. The van der Waals surface area contributed by atoms with E-state index in [9.17, 15) is 23.2 Å². The number of hydrogen-bond acceptors (Lipinski definition) is 7. The van der Waals surface area contributed by atoms with Crippen LogP contribution in [0.1, 0.15) is 69.6 Å². The number of anilines is 2. The monoisotopic (exact) mass is 593 g/mol. The molecule has 2 heterocycles. The summed E-state index contributed by atoms with van der Waals surface area (Å²) in [5, 5.41) is 5.71. The van der Waals surface area contributed by atoms with Crippen molar-refractivity contribution in [1.29, 1.82) is 0 Å². The molecular weight excluding hydrogens is 564 g/mol. The molecule has 5 rings (SSSR count). The molecule has 4 N–H and O–H groups in total. The second-order valence-corrected chi connectivity index (χ2v) is 10.8. The highest BCUT2D eigenvalue weighted by molar-refractivity contribution is 7.09. The SMILES string of the molecule is Nc1c(C(=O)NC2CCCCC2)nsc1C(=O)N(c1ccc(F)cc1)[C@H](C(=O)NCc1ccc(F)cc1)c1ccco1. The van der Waals surface area contributed by atoms with Crippen molar-refractivity contribution in [3.8, 4) is 0 Å². The number of halogens is 2. The van der Waals surface area contributed by atoms with Crippen molar-refractivity contribution in [3.63, 3.8) is 0 Å². The molecule has 1 aliphatic rings. The first-order chi connectivity index (χ1) is 20.3. The third-order valence-electron chi connectivity index (χ3n) is 7.10. The molecule has 1 saturated carbocycles. The quantitative estimate of drug-likeness (QED) is 0.239. The predicted octanol–water partition coefficient (Wildman–Crippen LogP) is 5.36. The average Bonchev–Trinajstić information content (AvgIpc) is 3.66. The summed E-state index contributed by atoms with van der Waals surface area (Å²) >= 11 is 0.740. The Bertz CT molecular complexity index is 1530. The van der Waals surface area contributed by atoms with Gasteiger partial charge in [-0.3, -0.25) is 19.3 Å². The second kappa shape index (κ2) is 12.9. The van der Waals surface area contributed by atoms with Crippen LogP contribution in [0.15, 0.2) is 71.3 Å². The maximum absolute atomic E-state index is 14.2. The Morgan fingerprint density at radius 3 is 2.31 bits per heavy atom. The van der Waals surface area contributed by atoms with Crippen molar-refractivity contribution in [2.75, 3.05) is 10.6 Å². The minimum Gasteiger partial charge on any atom is -0.467 e. The van der Waals surface area contributed by atoms with Crippen LogP contribution in [0.3, 0.4) is 0 Å². The number of furan rings is 1. The van der Waals surface area contributed by atoms with Crippen molar-refractivity contribution in [2.24, 2.45) is 0 Å². The number of nitrogens with zero attached hydrogens (tertiary/aromatic N) is 2. The standard InChI is InChI=1S/C30H29F2N5O4S/c31-19-10-8-18(9-11-19)17-34-29(39)26(23-7-4-16-41-23)37(22-14-12-20(32)13-15-22)30(40)27-24(33)25(36-42-27)28(38)35-21-5-2-1-3-6-21/h4,7-16,21,26H,1-3,5-6,17,33H2,(H,34,39)(H,35,38)/t26-/m0/s1.